The first-order valence-corrected chi connectivity index (χ1v) is 14.0. The van der Waals surface area contributed by atoms with Gasteiger partial charge in [-0.05, 0) is 30.0 Å². The van der Waals surface area contributed by atoms with E-state index in [1.165, 1.54) is 4.90 Å². The lowest BCUT2D eigenvalue weighted by molar-refractivity contribution is -0.137. The number of aromatic nitrogens is 1. The lowest BCUT2D eigenvalue weighted by Gasteiger charge is -2.49. The second-order valence-corrected chi connectivity index (χ2v) is 12.0. The van der Waals surface area contributed by atoms with Gasteiger partial charge in [0.25, 0.3) is 11.8 Å². The van der Waals surface area contributed by atoms with Crippen LogP contribution in [0.15, 0.2) is 36.5 Å². The van der Waals surface area contributed by atoms with E-state index in [-0.39, 0.29) is 30.4 Å². The Morgan fingerprint density at radius 3 is 2.73 bits per heavy atom. The third-order valence-electron chi connectivity index (χ3n) is 8.83. The number of carbonyl (C=O) groups excluding carboxylic acids is 2. The summed E-state index contributed by atoms with van der Waals surface area (Å²) in [7, 11) is 0. The highest BCUT2D eigenvalue weighted by atomic mass is 19.4. The third-order valence-corrected chi connectivity index (χ3v) is 8.83. The molecule has 1 unspecified atom stereocenters. The number of pyridine rings is 1. The molecule has 0 saturated carbocycles. The number of guanidine groups is 2. The van der Waals surface area contributed by atoms with Crippen LogP contribution < -0.4 is 31.3 Å². The molecule has 4 aliphatic rings. The molecule has 5 atom stereocenters. The van der Waals surface area contributed by atoms with Crippen molar-refractivity contribution < 1.29 is 32.6 Å². The number of halogens is 3. The summed E-state index contributed by atoms with van der Waals surface area (Å²) in [6.07, 6.45) is -4.29. The molecule has 1 aromatic carbocycles. The van der Waals surface area contributed by atoms with Gasteiger partial charge < -0.3 is 41.3 Å². The summed E-state index contributed by atoms with van der Waals surface area (Å²) in [5.74, 6) is -1.12. The molecule has 16 heteroatoms. The maximum absolute atomic E-state index is 13.5. The number of hydrogen-bond acceptors (Lipinski definition) is 7. The van der Waals surface area contributed by atoms with E-state index >= 15 is 0 Å². The summed E-state index contributed by atoms with van der Waals surface area (Å²) in [5, 5.41) is 42.9. The Balaban J connectivity index is 1.20. The van der Waals surface area contributed by atoms with E-state index in [0.717, 1.165) is 24.2 Å². The molecule has 4 aliphatic heterocycles. The fourth-order valence-corrected chi connectivity index (χ4v) is 6.52. The predicted octanol–water partition coefficient (Wildman–Crippen LogP) is 0.464. The largest absolute Gasteiger partial charge is 0.492 e. The number of alkyl halides is 3. The summed E-state index contributed by atoms with van der Waals surface area (Å²) in [5.41, 5.74) is -1.86. The number of hydrogen-bond donors (Lipinski definition) is 8. The lowest BCUT2D eigenvalue weighted by Crippen LogP contribution is -2.78. The Morgan fingerprint density at radius 2 is 1.98 bits per heavy atom. The number of nitrogens with zero attached hydrogens (tertiary/aromatic N) is 2. The number of amides is 2. The minimum absolute atomic E-state index is 0.0197. The van der Waals surface area contributed by atoms with Gasteiger partial charge in [0.2, 0.25) is 0 Å². The van der Waals surface area contributed by atoms with Crippen LogP contribution in [0.4, 0.5) is 13.2 Å². The van der Waals surface area contributed by atoms with E-state index in [4.69, 9.17) is 15.6 Å². The maximum Gasteiger partial charge on any atom is 0.416 e. The summed E-state index contributed by atoms with van der Waals surface area (Å²) in [4.78, 5) is 31.5. The molecule has 5 heterocycles. The van der Waals surface area contributed by atoms with Gasteiger partial charge in [-0.3, -0.25) is 25.4 Å². The Hall–Kier alpha value is -4.60. The van der Waals surface area contributed by atoms with Gasteiger partial charge in [-0.25, -0.2) is 0 Å². The van der Waals surface area contributed by atoms with Crippen molar-refractivity contribution in [2.75, 3.05) is 19.7 Å². The van der Waals surface area contributed by atoms with Gasteiger partial charge >= 0.3 is 6.18 Å². The number of aliphatic hydroxyl groups is 1. The second kappa shape index (κ2) is 10.2. The molecule has 234 valence electrons. The lowest BCUT2D eigenvalue weighted by atomic mass is 9.79. The zero-order valence-electron chi connectivity index (χ0n) is 23.8. The summed E-state index contributed by atoms with van der Waals surface area (Å²) >= 11 is 0. The van der Waals surface area contributed by atoms with Crippen LogP contribution in [0.5, 0.6) is 5.75 Å². The average molecular weight is 616 g/mol. The SMILES string of the molecule is CC1(C)CCOc2c(C(=O)NC3CN4C(=N)N[C@@H](CNC(=O)c5cc(C(F)(F)F)ccn5)[C@@H]5NC(=N)N[C@@]54[C@@H]3O)cccc21. The Bertz CT molecular complexity index is 1550. The second-order valence-electron chi connectivity index (χ2n) is 12.0. The van der Waals surface area contributed by atoms with Gasteiger partial charge in [-0.2, -0.15) is 13.2 Å². The molecule has 1 spiro atoms. The van der Waals surface area contributed by atoms with Crippen LogP contribution in [0.1, 0.15) is 52.2 Å². The van der Waals surface area contributed by atoms with Gasteiger partial charge in [0.1, 0.15) is 17.5 Å². The molecular formula is C28H32F3N9O4. The van der Waals surface area contributed by atoms with Crippen LogP contribution in [0.25, 0.3) is 0 Å². The fraction of sp³-hybridized carbons (Fsp3) is 0.464. The normalized spacial score (nSPS) is 28.4. The van der Waals surface area contributed by atoms with Crippen LogP contribution in [-0.4, -0.2) is 88.3 Å². The first kappa shape index (κ1) is 29.5. The first-order valence-electron chi connectivity index (χ1n) is 14.0. The number of rotatable bonds is 5. The molecule has 3 fully saturated rings. The summed E-state index contributed by atoms with van der Waals surface area (Å²) in [6.45, 7) is 4.45. The molecule has 2 amide bonds. The van der Waals surface area contributed by atoms with E-state index in [1.807, 2.05) is 6.07 Å². The Kier molecular flexibility index (Phi) is 6.86. The Morgan fingerprint density at radius 1 is 1.20 bits per heavy atom. The van der Waals surface area contributed by atoms with Gasteiger partial charge in [-0.15, -0.1) is 0 Å². The quantitative estimate of drug-likeness (QED) is 0.237. The van der Waals surface area contributed by atoms with Crippen LogP contribution in [-0.2, 0) is 11.6 Å². The molecule has 1 aromatic heterocycles. The minimum Gasteiger partial charge on any atom is -0.492 e. The zero-order valence-corrected chi connectivity index (χ0v) is 23.8. The number of ether oxygens (including phenoxy) is 1. The summed E-state index contributed by atoms with van der Waals surface area (Å²) < 4.78 is 45.2. The molecule has 0 aliphatic carbocycles. The monoisotopic (exact) mass is 615 g/mol. The molecule has 8 N–H and O–H groups in total. The van der Waals surface area contributed by atoms with Crippen molar-refractivity contribution in [3.8, 4) is 5.75 Å². The Labute approximate surface area is 249 Å². The van der Waals surface area contributed by atoms with Crippen LogP contribution in [0.2, 0.25) is 0 Å². The van der Waals surface area contributed by atoms with Crippen molar-refractivity contribution in [3.63, 3.8) is 0 Å². The van der Waals surface area contributed by atoms with E-state index in [2.05, 4.69) is 45.4 Å². The van der Waals surface area contributed by atoms with E-state index < -0.39 is 59.1 Å². The molecular weight excluding hydrogens is 583 g/mol. The third kappa shape index (κ3) is 4.73. The highest BCUT2D eigenvalue weighted by molar-refractivity contribution is 5.98. The maximum atomic E-state index is 13.5. The number of benzene rings is 1. The van der Waals surface area contributed by atoms with Crippen molar-refractivity contribution in [1.29, 1.82) is 10.8 Å². The van der Waals surface area contributed by atoms with E-state index in [0.29, 0.717) is 24.0 Å². The van der Waals surface area contributed by atoms with Crippen molar-refractivity contribution >= 4 is 23.7 Å². The van der Waals surface area contributed by atoms with Gasteiger partial charge in [-0.1, -0.05) is 26.0 Å². The molecule has 3 saturated heterocycles. The first-order chi connectivity index (χ1) is 20.7. The molecule has 6 rings (SSSR count). The highest BCUT2D eigenvalue weighted by Gasteiger charge is 2.66. The zero-order chi connectivity index (χ0) is 31.6. The van der Waals surface area contributed by atoms with Crippen LogP contribution in [0, 0.1) is 10.8 Å². The number of carbonyl (C=O) groups is 2. The molecule has 2 aromatic rings. The van der Waals surface area contributed by atoms with Crippen molar-refractivity contribution in [2.24, 2.45) is 0 Å². The van der Waals surface area contributed by atoms with Crippen LogP contribution in [0.3, 0.4) is 0 Å². The topological polar surface area (TPSA) is 188 Å². The predicted molar refractivity (Wildman–Crippen MR) is 150 cm³/mol. The fourth-order valence-electron chi connectivity index (χ4n) is 6.52. The van der Waals surface area contributed by atoms with E-state index in [9.17, 15) is 27.9 Å². The molecule has 0 radical (unpaired) electrons. The van der Waals surface area contributed by atoms with Gasteiger partial charge in [0, 0.05) is 24.8 Å². The van der Waals surface area contributed by atoms with Crippen molar-refractivity contribution in [3.05, 3.63) is 58.9 Å². The summed E-state index contributed by atoms with van der Waals surface area (Å²) in [6, 6.07) is 4.30. The van der Waals surface area contributed by atoms with Gasteiger partial charge in [0.15, 0.2) is 17.6 Å². The standard InChI is InChI=1S/C28H32F3N9O4/c1-26(2)7-9-44-19-14(4-3-5-15(19)26)22(42)36-18-12-40-25(33)37-17(20-27(40,21(18)41)39-24(32)38-20)11-35-23(43)16-10-13(6-8-34-16)28(29,30)31/h3-6,8,10,17-18,20-21,41H,7,9,11-12H2,1-2H3,(H2,33,37)(H,35,43)(H,36,42)(H3,32,38,39)/t17-,18?,20-,21+,27-/m0/s1. The number of fused-ring (bicyclic) bond motifs is 1. The van der Waals surface area contributed by atoms with Crippen molar-refractivity contribution in [2.45, 2.75) is 61.8 Å². The molecule has 0 bridgehead atoms. The molecule has 44 heavy (non-hydrogen) atoms. The number of aliphatic hydroxyl groups excluding tert-OH is 1. The van der Waals surface area contributed by atoms with Crippen LogP contribution >= 0.6 is 0 Å². The number of nitrogens with one attached hydrogen (secondary N) is 7. The minimum atomic E-state index is -4.65. The molecule has 13 nitrogen and oxygen atoms in total. The van der Waals surface area contributed by atoms with Gasteiger partial charge in [0.05, 0.1) is 35.9 Å². The highest BCUT2D eigenvalue weighted by Crippen LogP contribution is 2.41. The number of para-hydroxylation sites is 1. The smallest absolute Gasteiger partial charge is 0.416 e. The van der Waals surface area contributed by atoms with Crippen molar-refractivity contribution in [1.82, 2.24) is 36.5 Å². The average Bonchev–Trinajstić information content (AvgIpc) is 3.46. The van der Waals surface area contributed by atoms with E-state index in [1.54, 1.807) is 12.1 Å².